The Labute approximate surface area is 144 Å². The van der Waals surface area contributed by atoms with E-state index in [4.69, 9.17) is 28.7 Å². The van der Waals surface area contributed by atoms with Crippen molar-refractivity contribution in [3.8, 4) is 0 Å². The second-order valence-electron chi connectivity index (χ2n) is 4.99. The summed E-state index contributed by atoms with van der Waals surface area (Å²) in [5.74, 6) is 0. The van der Waals surface area contributed by atoms with Crippen molar-refractivity contribution in [2.75, 3.05) is 6.54 Å². The Morgan fingerprint density at radius 3 is 2.52 bits per heavy atom. The van der Waals surface area contributed by atoms with Gasteiger partial charge in [0.1, 0.15) is 0 Å². The molecule has 0 aliphatic rings. The summed E-state index contributed by atoms with van der Waals surface area (Å²) in [7, 11) is 0. The zero-order valence-electron chi connectivity index (χ0n) is 12.2. The number of benzene rings is 2. The Hall–Kier alpha value is -1.97. The van der Waals surface area contributed by atoms with Crippen LogP contribution < -0.4 is 0 Å². The van der Waals surface area contributed by atoms with Crippen LogP contribution in [0.1, 0.15) is 16.7 Å². The molecule has 0 saturated heterocycles. The van der Waals surface area contributed by atoms with Crippen molar-refractivity contribution < 1.29 is 5.11 Å². The topological polar surface area (TPSA) is 69.0 Å². The Morgan fingerprint density at radius 2 is 1.83 bits per heavy atom. The van der Waals surface area contributed by atoms with E-state index in [1.807, 2.05) is 36.4 Å². The summed E-state index contributed by atoms with van der Waals surface area (Å²) in [6.45, 7) is 0.0613. The zero-order valence-corrected chi connectivity index (χ0v) is 13.7. The summed E-state index contributed by atoms with van der Waals surface area (Å²) in [6.07, 6.45) is 3.51. The lowest BCUT2D eigenvalue weighted by molar-refractivity contribution is 0.183. The minimum atomic E-state index is -0.692. The molecule has 1 atom stereocenters. The number of hydrogen-bond donors (Lipinski definition) is 1. The van der Waals surface area contributed by atoms with Gasteiger partial charge in [-0.05, 0) is 35.2 Å². The molecule has 0 aliphatic carbocycles. The van der Waals surface area contributed by atoms with Crippen molar-refractivity contribution in [2.45, 2.75) is 12.5 Å². The Kier molecular flexibility index (Phi) is 6.51. The van der Waals surface area contributed by atoms with Crippen molar-refractivity contribution >= 4 is 35.4 Å². The highest BCUT2D eigenvalue weighted by atomic mass is 35.5. The number of aliphatic hydroxyl groups excluding tert-OH is 1. The normalized spacial score (nSPS) is 12.1. The van der Waals surface area contributed by atoms with Crippen LogP contribution in [-0.2, 0) is 6.42 Å². The van der Waals surface area contributed by atoms with E-state index in [1.54, 1.807) is 18.2 Å². The molecule has 23 heavy (non-hydrogen) atoms. The summed E-state index contributed by atoms with van der Waals surface area (Å²) >= 11 is 12.3. The van der Waals surface area contributed by atoms with E-state index in [-0.39, 0.29) is 6.54 Å². The number of halogens is 2. The second kappa shape index (κ2) is 8.61. The zero-order chi connectivity index (χ0) is 16.7. The Balaban J connectivity index is 2.13. The molecule has 2 aromatic rings. The van der Waals surface area contributed by atoms with E-state index >= 15 is 0 Å². The van der Waals surface area contributed by atoms with Crippen molar-refractivity contribution in [3.05, 3.63) is 79.6 Å². The molecule has 0 aromatic heterocycles. The number of rotatable bonds is 6. The highest BCUT2D eigenvalue weighted by Crippen LogP contribution is 2.26. The fraction of sp³-hybridized carbons (Fsp3) is 0.176. The first kappa shape index (κ1) is 17.4. The maximum absolute atomic E-state index is 9.79. The van der Waals surface area contributed by atoms with Crippen LogP contribution in [0.4, 0.5) is 0 Å². The molecule has 0 spiro atoms. The van der Waals surface area contributed by atoms with E-state index < -0.39 is 6.10 Å². The molecule has 0 fully saturated rings. The van der Waals surface area contributed by atoms with Crippen LogP contribution in [0.25, 0.3) is 22.6 Å². The fourth-order valence-electron chi connectivity index (χ4n) is 2.14. The molecule has 118 valence electrons. The molecule has 0 saturated carbocycles. The van der Waals surface area contributed by atoms with Crippen LogP contribution in [0.5, 0.6) is 0 Å². The van der Waals surface area contributed by atoms with Gasteiger partial charge in [0, 0.05) is 20.5 Å². The minimum absolute atomic E-state index is 0.0613. The molecule has 0 amide bonds. The SMILES string of the molecule is [N-]=[N+]=NC[C@H](O)Cc1cccc(/C=C/c2c(Cl)cccc2Cl)c1. The number of nitrogens with zero attached hydrogens (tertiary/aromatic N) is 3. The lowest BCUT2D eigenvalue weighted by Crippen LogP contribution is -2.13. The third-order valence-electron chi connectivity index (χ3n) is 3.22. The molecule has 0 radical (unpaired) electrons. The van der Waals surface area contributed by atoms with Crippen molar-refractivity contribution in [1.82, 2.24) is 0 Å². The van der Waals surface area contributed by atoms with Gasteiger partial charge in [-0.25, -0.2) is 0 Å². The van der Waals surface area contributed by atoms with Crippen LogP contribution in [0.2, 0.25) is 10.0 Å². The first-order chi connectivity index (χ1) is 11.1. The lowest BCUT2D eigenvalue weighted by Gasteiger charge is -2.08. The first-order valence-electron chi connectivity index (χ1n) is 7.00. The predicted octanol–water partition coefficient (Wildman–Crippen LogP) is 5.38. The molecule has 0 bridgehead atoms. The molecule has 4 nitrogen and oxygen atoms in total. The summed E-state index contributed by atoms with van der Waals surface area (Å²) in [4.78, 5) is 2.64. The highest BCUT2D eigenvalue weighted by Gasteiger charge is 2.05. The lowest BCUT2D eigenvalue weighted by atomic mass is 10.0. The van der Waals surface area contributed by atoms with Gasteiger partial charge in [-0.1, -0.05) is 70.8 Å². The smallest absolute Gasteiger partial charge is 0.0636 e. The molecule has 2 aromatic carbocycles. The van der Waals surface area contributed by atoms with E-state index in [9.17, 15) is 5.11 Å². The highest BCUT2D eigenvalue weighted by molar-refractivity contribution is 6.37. The number of hydrogen-bond acceptors (Lipinski definition) is 2. The van der Waals surface area contributed by atoms with Gasteiger partial charge in [0.15, 0.2) is 0 Å². The minimum Gasteiger partial charge on any atom is -0.393 e. The van der Waals surface area contributed by atoms with E-state index in [2.05, 4.69) is 10.0 Å². The van der Waals surface area contributed by atoms with Gasteiger partial charge in [0.25, 0.3) is 0 Å². The second-order valence-corrected chi connectivity index (χ2v) is 5.80. The van der Waals surface area contributed by atoms with Gasteiger partial charge in [-0.15, -0.1) is 0 Å². The quantitative estimate of drug-likeness (QED) is 0.324. The largest absolute Gasteiger partial charge is 0.393 e. The summed E-state index contributed by atoms with van der Waals surface area (Å²) < 4.78 is 0. The van der Waals surface area contributed by atoms with Crippen molar-refractivity contribution in [2.24, 2.45) is 5.11 Å². The maximum Gasteiger partial charge on any atom is 0.0636 e. The van der Waals surface area contributed by atoms with Crippen LogP contribution in [0.3, 0.4) is 0 Å². The van der Waals surface area contributed by atoms with Crippen molar-refractivity contribution in [1.29, 1.82) is 0 Å². The Bertz CT molecular complexity index is 735. The van der Waals surface area contributed by atoms with E-state index in [0.717, 1.165) is 16.7 Å². The van der Waals surface area contributed by atoms with E-state index in [1.165, 1.54) is 0 Å². The molecule has 0 aliphatic heterocycles. The molecule has 2 rings (SSSR count). The maximum atomic E-state index is 9.79. The molecular weight excluding hydrogens is 333 g/mol. The van der Waals surface area contributed by atoms with Gasteiger partial charge in [-0.2, -0.15) is 0 Å². The third kappa shape index (κ3) is 5.31. The van der Waals surface area contributed by atoms with Crippen LogP contribution >= 0.6 is 23.2 Å². The average Bonchev–Trinajstić information content (AvgIpc) is 2.53. The van der Waals surface area contributed by atoms with Crippen LogP contribution in [-0.4, -0.2) is 17.8 Å². The summed E-state index contributed by atoms with van der Waals surface area (Å²) in [6, 6.07) is 13.1. The summed E-state index contributed by atoms with van der Waals surface area (Å²) in [5, 5.41) is 14.3. The van der Waals surface area contributed by atoms with Gasteiger partial charge in [-0.3, -0.25) is 0 Å². The number of aliphatic hydroxyl groups is 1. The Morgan fingerprint density at radius 1 is 1.13 bits per heavy atom. The molecule has 0 heterocycles. The molecular formula is C17H15Cl2N3O. The average molecular weight is 348 g/mol. The van der Waals surface area contributed by atoms with E-state index in [0.29, 0.717) is 16.5 Å². The predicted molar refractivity (Wildman–Crippen MR) is 95.6 cm³/mol. The monoisotopic (exact) mass is 347 g/mol. The molecule has 6 heteroatoms. The first-order valence-corrected chi connectivity index (χ1v) is 7.75. The summed E-state index contributed by atoms with van der Waals surface area (Å²) in [5.41, 5.74) is 11.0. The number of azide groups is 1. The molecule has 1 N–H and O–H groups in total. The van der Waals surface area contributed by atoms with Gasteiger partial charge in [0.05, 0.1) is 12.6 Å². The van der Waals surface area contributed by atoms with Gasteiger partial charge < -0.3 is 5.11 Å². The van der Waals surface area contributed by atoms with Crippen molar-refractivity contribution in [3.63, 3.8) is 0 Å². The molecule has 0 unspecified atom stereocenters. The van der Waals surface area contributed by atoms with Crippen LogP contribution in [0, 0.1) is 0 Å². The van der Waals surface area contributed by atoms with Gasteiger partial charge >= 0.3 is 0 Å². The van der Waals surface area contributed by atoms with Gasteiger partial charge in [0.2, 0.25) is 0 Å². The fourth-order valence-corrected chi connectivity index (χ4v) is 2.66. The van der Waals surface area contributed by atoms with Crippen LogP contribution in [0.15, 0.2) is 47.6 Å². The third-order valence-corrected chi connectivity index (χ3v) is 3.88. The standard InChI is InChI=1S/C17H15Cl2N3O/c18-16-5-2-6-17(19)15(16)8-7-12-3-1-4-13(9-12)10-14(23)11-21-22-20/h1-9,14,23H,10-11H2/b8-7+/t14-/m1/s1.